The lowest BCUT2D eigenvalue weighted by Gasteiger charge is -2.34. The number of aryl methyl sites for hydroxylation is 1. The molecular weight excluding hydrogens is 472 g/mol. The Labute approximate surface area is 215 Å². The first-order chi connectivity index (χ1) is 17.6. The molecule has 36 heavy (non-hydrogen) atoms. The van der Waals surface area contributed by atoms with Crippen LogP contribution in [0.1, 0.15) is 49.1 Å². The van der Waals surface area contributed by atoms with E-state index in [-0.39, 0.29) is 18.5 Å². The number of hydrogen-bond acceptors (Lipinski definition) is 6. The van der Waals surface area contributed by atoms with E-state index in [0.29, 0.717) is 35.4 Å². The van der Waals surface area contributed by atoms with Gasteiger partial charge in [-0.2, -0.15) is 15.2 Å². The van der Waals surface area contributed by atoms with E-state index in [1.165, 1.54) is 6.42 Å². The van der Waals surface area contributed by atoms with Crippen LogP contribution in [0.15, 0.2) is 48.5 Å². The second kappa shape index (κ2) is 10.7. The summed E-state index contributed by atoms with van der Waals surface area (Å²) >= 11 is 6.14. The Morgan fingerprint density at radius 2 is 1.97 bits per heavy atom. The molecule has 1 aliphatic carbocycles. The number of hydrogen-bond donors (Lipinski definition) is 2. The Hall–Kier alpha value is -3.47. The number of aliphatic hydroxyl groups is 1. The van der Waals surface area contributed by atoms with Gasteiger partial charge in [-0.25, -0.2) is 4.98 Å². The molecule has 1 fully saturated rings. The molecule has 2 heterocycles. The Balaban J connectivity index is 1.67. The van der Waals surface area contributed by atoms with Crippen LogP contribution in [0.2, 0.25) is 5.02 Å². The van der Waals surface area contributed by atoms with Crippen molar-refractivity contribution in [2.75, 3.05) is 11.9 Å². The fourth-order valence-electron chi connectivity index (χ4n) is 4.87. The molecular formula is C28H29ClN6O. The number of nitrogens with one attached hydrogen (secondary N) is 1. The minimum absolute atomic E-state index is 0.0893. The fourth-order valence-corrected chi connectivity index (χ4v) is 5.00. The molecule has 1 saturated carbocycles. The minimum Gasteiger partial charge on any atom is -0.396 e. The van der Waals surface area contributed by atoms with E-state index < -0.39 is 0 Å². The summed E-state index contributed by atoms with van der Waals surface area (Å²) in [6.07, 6.45) is 5.08. The van der Waals surface area contributed by atoms with Gasteiger partial charge in [0.15, 0.2) is 11.5 Å². The van der Waals surface area contributed by atoms with Crippen molar-refractivity contribution in [1.29, 1.82) is 5.26 Å². The number of anilines is 1. The van der Waals surface area contributed by atoms with E-state index in [2.05, 4.69) is 45.0 Å². The van der Waals surface area contributed by atoms with Gasteiger partial charge in [-0.3, -0.25) is 0 Å². The molecule has 184 valence electrons. The lowest BCUT2D eigenvalue weighted by Crippen LogP contribution is -2.34. The highest BCUT2D eigenvalue weighted by Gasteiger charge is 2.29. The van der Waals surface area contributed by atoms with Gasteiger partial charge >= 0.3 is 0 Å². The van der Waals surface area contributed by atoms with Crippen molar-refractivity contribution >= 4 is 28.6 Å². The lowest BCUT2D eigenvalue weighted by atomic mass is 9.78. The van der Waals surface area contributed by atoms with Gasteiger partial charge in [0, 0.05) is 29.8 Å². The Morgan fingerprint density at radius 3 is 2.64 bits per heavy atom. The largest absolute Gasteiger partial charge is 0.396 e. The van der Waals surface area contributed by atoms with Gasteiger partial charge < -0.3 is 15.0 Å². The van der Waals surface area contributed by atoms with Crippen molar-refractivity contribution in [3.8, 4) is 17.5 Å². The normalized spacial score (nSPS) is 14.4. The molecule has 1 atom stereocenters. The lowest BCUT2D eigenvalue weighted by molar-refractivity contribution is 0.236. The average molecular weight is 501 g/mol. The van der Waals surface area contributed by atoms with Gasteiger partial charge in [0.25, 0.3) is 0 Å². The summed E-state index contributed by atoms with van der Waals surface area (Å²) in [5.41, 5.74) is 4.44. The fraction of sp³-hybridized carbons (Fsp3) is 0.357. The molecule has 2 N–H and O–H groups in total. The number of aliphatic hydroxyl groups excluding tert-OH is 1. The molecule has 0 saturated heterocycles. The second-order valence-electron chi connectivity index (χ2n) is 9.50. The topological polar surface area (TPSA) is 99.7 Å². The van der Waals surface area contributed by atoms with Crippen molar-refractivity contribution in [1.82, 2.24) is 19.5 Å². The van der Waals surface area contributed by atoms with Crippen LogP contribution in [0.4, 0.5) is 5.82 Å². The van der Waals surface area contributed by atoms with Crippen LogP contribution in [-0.4, -0.2) is 37.3 Å². The van der Waals surface area contributed by atoms with Crippen LogP contribution in [0.25, 0.3) is 22.6 Å². The number of nitrogens with zero attached hydrogens (tertiary/aromatic N) is 5. The second-order valence-corrected chi connectivity index (χ2v) is 9.94. The smallest absolute Gasteiger partial charge is 0.236 e. The molecule has 5 rings (SSSR count). The van der Waals surface area contributed by atoms with Crippen molar-refractivity contribution in [2.45, 2.75) is 51.6 Å². The van der Waals surface area contributed by atoms with Crippen LogP contribution < -0.4 is 5.32 Å². The quantitative estimate of drug-likeness (QED) is 0.304. The number of imidazole rings is 1. The van der Waals surface area contributed by atoms with Crippen LogP contribution in [0.3, 0.4) is 0 Å². The molecule has 0 radical (unpaired) electrons. The van der Waals surface area contributed by atoms with E-state index >= 15 is 0 Å². The minimum atomic E-state index is 0.0893. The van der Waals surface area contributed by atoms with E-state index in [9.17, 15) is 10.4 Å². The highest BCUT2D eigenvalue weighted by Crippen LogP contribution is 2.35. The average Bonchev–Trinajstić information content (AvgIpc) is 3.21. The molecule has 0 spiro atoms. The van der Waals surface area contributed by atoms with Crippen LogP contribution in [0.5, 0.6) is 0 Å². The monoisotopic (exact) mass is 500 g/mol. The van der Waals surface area contributed by atoms with Gasteiger partial charge in [0.1, 0.15) is 17.4 Å². The van der Waals surface area contributed by atoms with Crippen LogP contribution in [-0.2, 0) is 6.54 Å². The van der Waals surface area contributed by atoms with Crippen molar-refractivity contribution in [3.05, 3.63) is 70.5 Å². The number of rotatable bonds is 9. The SMILES string of the molecule is Cc1cccc(-c2nc3nc(C#N)nc(NC(CCCO)C4CCC4)c3n2Cc2ccc(Cl)cc2)c1. The highest BCUT2D eigenvalue weighted by atomic mass is 35.5. The zero-order chi connectivity index (χ0) is 25.1. The van der Waals surface area contributed by atoms with E-state index in [4.69, 9.17) is 16.6 Å². The van der Waals surface area contributed by atoms with Crippen molar-refractivity contribution in [2.24, 2.45) is 5.92 Å². The van der Waals surface area contributed by atoms with Gasteiger partial charge in [0.2, 0.25) is 5.82 Å². The van der Waals surface area contributed by atoms with Gasteiger partial charge in [-0.05, 0) is 62.3 Å². The molecule has 2 aromatic heterocycles. The summed E-state index contributed by atoms with van der Waals surface area (Å²) in [5.74, 6) is 2.00. The number of benzene rings is 2. The summed E-state index contributed by atoms with van der Waals surface area (Å²) in [7, 11) is 0. The van der Waals surface area contributed by atoms with Crippen LogP contribution in [0, 0.1) is 24.2 Å². The molecule has 7 nitrogen and oxygen atoms in total. The first-order valence-electron chi connectivity index (χ1n) is 12.4. The molecule has 8 heteroatoms. The molecule has 0 amide bonds. The predicted molar refractivity (Wildman–Crippen MR) is 142 cm³/mol. The first-order valence-corrected chi connectivity index (χ1v) is 12.8. The van der Waals surface area contributed by atoms with E-state index in [1.807, 2.05) is 36.4 Å². The molecule has 0 bridgehead atoms. The third kappa shape index (κ3) is 5.06. The summed E-state index contributed by atoms with van der Waals surface area (Å²) in [4.78, 5) is 14.0. The van der Waals surface area contributed by atoms with Gasteiger partial charge in [-0.1, -0.05) is 53.9 Å². The zero-order valence-electron chi connectivity index (χ0n) is 20.3. The number of fused-ring (bicyclic) bond motifs is 1. The maximum absolute atomic E-state index is 9.67. The Kier molecular flexibility index (Phi) is 7.17. The van der Waals surface area contributed by atoms with Crippen LogP contribution >= 0.6 is 11.6 Å². The zero-order valence-corrected chi connectivity index (χ0v) is 21.0. The van der Waals surface area contributed by atoms with E-state index in [0.717, 1.165) is 47.3 Å². The maximum atomic E-state index is 9.67. The van der Waals surface area contributed by atoms with Gasteiger partial charge in [0.05, 0.1) is 0 Å². The third-order valence-electron chi connectivity index (χ3n) is 6.95. The molecule has 4 aromatic rings. The standard InChI is InChI=1S/C28H29ClN6O/c1-18-5-2-8-21(15-18)28-34-27-25(35(28)17-19-10-12-22(29)13-11-19)26(32-24(16-30)33-27)31-23(9-4-14-36)20-6-3-7-20/h2,5,8,10-13,15,20,23,36H,3-4,6-7,9,14,17H2,1H3,(H,31,32,33). The van der Waals surface area contributed by atoms with Crippen molar-refractivity contribution < 1.29 is 5.11 Å². The summed E-state index contributed by atoms with van der Waals surface area (Å²) < 4.78 is 2.13. The molecule has 1 aliphatic rings. The summed E-state index contributed by atoms with van der Waals surface area (Å²) in [6, 6.07) is 18.3. The highest BCUT2D eigenvalue weighted by molar-refractivity contribution is 6.30. The molecule has 2 aromatic carbocycles. The molecule has 1 unspecified atom stereocenters. The summed E-state index contributed by atoms with van der Waals surface area (Å²) in [5, 5.41) is 23.5. The number of aromatic nitrogens is 4. The first kappa shape index (κ1) is 24.2. The maximum Gasteiger partial charge on any atom is 0.236 e. The van der Waals surface area contributed by atoms with Gasteiger partial charge in [-0.15, -0.1) is 0 Å². The Bertz CT molecular complexity index is 1400. The van der Waals surface area contributed by atoms with Crippen molar-refractivity contribution in [3.63, 3.8) is 0 Å². The summed E-state index contributed by atoms with van der Waals surface area (Å²) in [6.45, 7) is 2.76. The predicted octanol–water partition coefficient (Wildman–Crippen LogP) is 5.73. The number of nitriles is 1. The van der Waals surface area contributed by atoms with E-state index in [1.54, 1.807) is 0 Å². The third-order valence-corrected chi connectivity index (χ3v) is 7.20. The molecule has 0 aliphatic heterocycles. The number of halogens is 1. The Morgan fingerprint density at radius 1 is 1.17 bits per heavy atom.